The molecule has 0 spiro atoms. The summed E-state index contributed by atoms with van der Waals surface area (Å²) < 4.78 is 5.88. The molecule has 3 nitrogen and oxygen atoms in total. The van der Waals surface area contributed by atoms with Gasteiger partial charge in [-0.1, -0.05) is 45.2 Å². The molecule has 0 bridgehead atoms. The monoisotopic (exact) mass is 359 g/mol. The first-order chi connectivity index (χ1) is 12.5. The summed E-state index contributed by atoms with van der Waals surface area (Å²) in [4.78, 5) is 2.63. The number of likely N-dealkylation sites (tertiary alicyclic amines) is 1. The normalized spacial score (nSPS) is 29.6. The lowest BCUT2D eigenvalue weighted by Crippen LogP contribution is -2.48. The van der Waals surface area contributed by atoms with Crippen LogP contribution in [0.15, 0.2) is 24.3 Å². The zero-order valence-corrected chi connectivity index (χ0v) is 16.9. The Labute approximate surface area is 159 Å². The number of hydrogen-bond donors (Lipinski definition) is 1. The molecule has 3 rings (SSSR count). The van der Waals surface area contributed by atoms with E-state index in [4.69, 9.17) is 4.74 Å². The molecule has 1 aliphatic heterocycles. The lowest BCUT2D eigenvalue weighted by atomic mass is 9.68. The van der Waals surface area contributed by atoms with Crippen LogP contribution in [0.4, 0.5) is 0 Å². The number of ether oxygens (including phenoxy) is 1. The fraction of sp³-hybridized carbons (Fsp3) is 0.739. The van der Waals surface area contributed by atoms with Gasteiger partial charge in [0.25, 0.3) is 0 Å². The van der Waals surface area contributed by atoms with Crippen LogP contribution >= 0.6 is 0 Å². The Hall–Kier alpha value is -1.06. The van der Waals surface area contributed by atoms with E-state index in [0.717, 1.165) is 38.4 Å². The number of aromatic hydroxyl groups is 1. The maximum absolute atomic E-state index is 9.87. The highest BCUT2D eigenvalue weighted by Crippen LogP contribution is 2.40. The molecular formula is C23H37NO2. The molecule has 1 aliphatic carbocycles. The maximum Gasteiger partial charge on any atom is 0.115 e. The van der Waals surface area contributed by atoms with Crippen molar-refractivity contribution in [3.63, 3.8) is 0 Å². The summed E-state index contributed by atoms with van der Waals surface area (Å²) in [6.45, 7) is 8.15. The Morgan fingerprint density at radius 3 is 2.69 bits per heavy atom. The van der Waals surface area contributed by atoms with E-state index in [-0.39, 0.29) is 5.41 Å². The average Bonchev–Trinajstić information content (AvgIpc) is 2.66. The third kappa shape index (κ3) is 4.43. The molecule has 146 valence electrons. The van der Waals surface area contributed by atoms with Gasteiger partial charge in [-0.15, -0.1) is 0 Å². The van der Waals surface area contributed by atoms with Crippen LogP contribution in [-0.2, 0) is 10.2 Å². The van der Waals surface area contributed by atoms with E-state index in [2.05, 4.69) is 24.8 Å². The first-order valence-electron chi connectivity index (χ1n) is 10.6. The molecule has 1 aromatic rings. The summed E-state index contributed by atoms with van der Waals surface area (Å²) in [6.07, 6.45) is 9.63. The minimum Gasteiger partial charge on any atom is -0.508 e. The molecule has 0 amide bonds. The molecular weight excluding hydrogens is 322 g/mol. The summed E-state index contributed by atoms with van der Waals surface area (Å²) in [5, 5.41) is 9.87. The smallest absolute Gasteiger partial charge is 0.115 e. The fourth-order valence-electron chi connectivity index (χ4n) is 5.17. The number of piperidine rings is 1. The zero-order valence-electron chi connectivity index (χ0n) is 16.9. The van der Waals surface area contributed by atoms with Crippen molar-refractivity contribution < 1.29 is 9.84 Å². The molecule has 1 heterocycles. The van der Waals surface area contributed by atoms with Crippen molar-refractivity contribution in [3.05, 3.63) is 29.8 Å². The van der Waals surface area contributed by atoms with E-state index in [9.17, 15) is 5.11 Å². The quantitative estimate of drug-likeness (QED) is 0.778. The van der Waals surface area contributed by atoms with Gasteiger partial charge < -0.3 is 14.7 Å². The molecule has 2 fully saturated rings. The topological polar surface area (TPSA) is 32.7 Å². The molecule has 1 aromatic carbocycles. The van der Waals surface area contributed by atoms with Crippen LogP contribution in [0.5, 0.6) is 5.75 Å². The predicted octanol–water partition coefficient (Wildman–Crippen LogP) is 4.98. The minimum absolute atomic E-state index is 0.152. The van der Waals surface area contributed by atoms with Gasteiger partial charge in [0, 0.05) is 20.2 Å². The van der Waals surface area contributed by atoms with Gasteiger partial charge in [0.05, 0.1) is 6.10 Å². The average molecular weight is 360 g/mol. The van der Waals surface area contributed by atoms with E-state index >= 15 is 0 Å². The largest absolute Gasteiger partial charge is 0.508 e. The molecule has 2 aliphatic rings. The SMILES string of the molecule is CO[C@H](CCN1CC[C@](C)(c2cccc(O)c2)[C@@H](C)C1)C1CCCCC1. The number of rotatable bonds is 6. The number of benzene rings is 1. The summed E-state index contributed by atoms with van der Waals surface area (Å²) >= 11 is 0. The van der Waals surface area contributed by atoms with E-state index in [0.29, 0.717) is 17.8 Å². The predicted molar refractivity (Wildman–Crippen MR) is 108 cm³/mol. The van der Waals surface area contributed by atoms with Crippen molar-refractivity contribution in [1.82, 2.24) is 4.90 Å². The van der Waals surface area contributed by atoms with Crippen LogP contribution in [0.3, 0.4) is 0 Å². The maximum atomic E-state index is 9.87. The molecule has 1 saturated heterocycles. The summed E-state index contributed by atoms with van der Waals surface area (Å²) in [6, 6.07) is 7.87. The number of phenolic OH excluding ortho intramolecular Hbond substituents is 1. The summed E-state index contributed by atoms with van der Waals surface area (Å²) in [5.41, 5.74) is 1.43. The van der Waals surface area contributed by atoms with Crippen molar-refractivity contribution in [2.24, 2.45) is 11.8 Å². The van der Waals surface area contributed by atoms with Crippen LogP contribution in [-0.4, -0.2) is 42.9 Å². The summed E-state index contributed by atoms with van der Waals surface area (Å²) in [5.74, 6) is 1.73. The van der Waals surface area contributed by atoms with Gasteiger partial charge >= 0.3 is 0 Å². The van der Waals surface area contributed by atoms with Crippen LogP contribution < -0.4 is 0 Å². The lowest BCUT2D eigenvalue weighted by Gasteiger charge is -2.45. The molecule has 0 aromatic heterocycles. The van der Waals surface area contributed by atoms with Gasteiger partial charge in [-0.05, 0) is 67.2 Å². The highest BCUT2D eigenvalue weighted by Gasteiger charge is 2.38. The highest BCUT2D eigenvalue weighted by atomic mass is 16.5. The van der Waals surface area contributed by atoms with Gasteiger partial charge in [0.1, 0.15) is 5.75 Å². The highest BCUT2D eigenvalue weighted by molar-refractivity contribution is 5.33. The van der Waals surface area contributed by atoms with Gasteiger partial charge in [-0.3, -0.25) is 0 Å². The van der Waals surface area contributed by atoms with E-state index < -0.39 is 0 Å². The minimum atomic E-state index is 0.152. The Morgan fingerprint density at radius 1 is 1.27 bits per heavy atom. The number of phenols is 1. The van der Waals surface area contributed by atoms with Crippen molar-refractivity contribution >= 4 is 0 Å². The fourth-order valence-corrected chi connectivity index (χ4v) is 5.17. The molecule has 26 heavy (non-hydrogen) atoms. The van der Waals surface area contributed by atoms with Crippen molar-refractivity contribution in [2.75, 3.05) is 26.7 Å². The third-order valence-electron chi connectivity index (χ3n) is 7.28. The number of hydrogen-bond acceptors (Lipinski definition) is 3. The Morgan fingerprint density at radius 2 is 2.04 bits per heavy atom. The Bertz CT molecular complexity index is 569. The van der Waals surface area contributed by atoms with E-state index in [1.54, 1.807) is 6.07 Å². The standard InChI is InChI=1S/C23H37NO2/c1-18-17-24(14-12-22(26-3)19-8-5-4-6-9-19)15-13-23(18,2)20-10-7-11-21(25)16-20/h7,10-11,16,18-19,22,25H,4-6,8-9,12-15,17H2,1-3H3/t18-,22+,23-/m0/s1. The molecule has 0 unspecified atom stereocenters. The first kappa shape index (κ1) is 19.7. The van der Waals surface area contributed by atoms with Crippen molar-refractivity contribution in [2.45, 2.75) is 70.3 Å². The number of nitrogens with zero attached hydrogens (tertiary/aromatic N) is 1. The van der Waals surface area contributed by atoms with Gasteiger partial charge in [0.15, 0.2) is 0 Å². The molecule has 3 heteroatoms. The second-order valence-electron chi connectivity index (χ2n) is 8.88. The van der Waals surface area contributed by atoms with Crippen LogP contribution in [0, 0.1) is 11.8 Å². The van der Waals surface area contributed by atoms with Crippen molar-refractivity contribution in [1.29, 1.82) is 0 Å². The summed E-state index contributed by atoms with van der Waals surface area (Å²) in [7, 11) is 1.90. The van der Waals surface area contributed by atoms with Crippen LogP contribution in [0.2, 0.25) is 0 Å². The lowest BCUT2D eigenvalue weighted by molar-refractivity contribution is 0.0158. The second kappa shape index (κ2) is 8.75. The molecule has 3 atom stereocenters. The van der Waals surface area contributed by atoms with Gasteiger partial charge in [-0.2, -0.15) is 0 Å². The Kier molecular flexibility index (Phi) is 6.63. The van der Waals surface area contributed by atoms with Gasteiger partial charge in [0.2, 0.25) is 0 Å². The second-order valence-corrected chi connectivity index (χ2v) is 8.88. The number of methoxy groups -OCH3 is 1. The first-order valence-corrected chi connectivity index (χ1v) is 10.6. The van der Waals surface area contributed by atoms with Crippen molar-refractivity contribution in [3.8, 4) is 5.75 Å². The van der Waals surface area contributed by atoms with Crippen LogP contribution in [0.1, 0.15) is 64.4 Å². The molecule has 1 N–H and O–H groups in total. The Balaban J connectivity index is 1.55. The van der Waals surface area contributed by atoms with Crippen LogP contribution in [0.25, 0.3) is 0 Å². The molecule has 0 radical (unpaired) electrons. The molecule has 1 saturated carbocycles. The van der Waals surface area contributed by atoms with E-state index in [1.807, 2.05) is 19.2 Å². The third-order valence-corrected chi connectivity index (χ3v) is 7.28. The zero-order chi connectivity index (χ0) is 18.6. The van der Waals surface area contributed by atoms with E-state index in [1.165, 1.54) is 37.7 Å². The van der Waals surface area contributed by atoms with Gasteiger partial charge in [-0.25, -0.2) is 0 Å².